The van der Waals surface area contributed by atoms with Crippen LogP contribution in [0.5, 0.6) is 0 Å². The Balaban J connectivity index is 1.78. The van der Waals surface area contributed by atoms with Crippen molar-refractivity contribution in [1.29, 1.82) is 5.26 Å². The van der Waals surface area contributed by atoms with Crippen LogP contribution in [0.2, 0.25) is 0 Å². The molecular weight excluding hydrogens is 515 g/mol. The highest BCUT2D eigenvalue weighted by Gasteiger charge is 2.31. The number of rotatable bonds is 2. The first-order valence-corrected chi connectivity index (χ1v) is 11.4. The fourth-order valence-corrected chi connectivity index (χ4v) is 5.06. The van der Waals surface area contributed by atoms with Gasteiger partial charge in [0.15, 0.2) is 5.82 Å². The van der Waals surface area contributed by atoms with Crippen LogP contribution in [0.1, 0.15) is 26.7 Å². The molecule has 1 N–H and O–H groups in total. The maximum Gasteiger partial charge on any atom is 0.247 e. The number of nitrogens with one attached hydrogen (secondary N) is 1. The Hall–Kier alpha value is -3.45. The molecule has 1 aliphatic heterocycles. The SMILES string of the molecule is Cc1c(-c2ccc(=O)[nH]c2)ccc2c1N(c1ccc(C#N)cc1)C[C@@H](I)c1nnc(C)n1-2. The Morgan fingerprint density at radius 3 is 2.56 bits per heavy atom. The zero-order chi connectivity index (χ0) is 22.4. The number of aryl methyl sites for hydroxylation is 1. The maximum absolute atomic E-state index is 11.6. The first-order chi connectivity index (χ1) is 15.5. The highest BCUT2D eigenvalue weighted by molar-refractivity contribution is 14.1. The number of anilines is 2. The van der Waals surface area contributed by atoms with Gasteiger partial charge in [-0.15, -0.1) is 10.2 Å². The summed E-state index contributed by atoms with van der Waals surface area (Å²) in [5.41, 5.74) is 6.64. The number of aromatic amines is 1. The van der Waals surface area contributed by atoms with E-state index in [-0.39, 0.29) is 9.48 Å². The molecule has 1 aliphatic rings. The number of alkyl halides is 1. The molecule has 0 fully saturated rings. The summed E-state index contributed by atoms with van der Waals surface area (Å²) in [5, 5.41) is 18.0. The molecule has 0 amide bonds. The molecule has 2 aromatic carbocycles. The molecule has 3 heterocycles. The minimum atomic E-state index is -0.127. The van der Waals surface area contributed by atoms with Gasteiger partial charge < -0.3 is 9.88 Å². The number of pyridine rings is 1. The third kappa shape index (κ3) is 3.29. The van der Waals surface area contributed by atoms with Gasteiger partial charge >= 0.3 is 0 Å². The van der Waals surface area contributed by atoms with E-state index in [2.05, 4.69) is 72.4 Å². The van der Waals surface area contributed by atoms with E-state index in [1.165, 1.54) is 0 Å². The topological polar surface area (TPSA) is 90.6 Å². The van der Waals surface area contributed by atoms with Crippen LogP contribution >= 0.6 is 22.6 Å². The predicted octanol–water partition coefficient (Wildman–Crippen LogP) is 4.74. The molecule has 2 aromatic heterocycles. The van der Waals surface area contributed by atoms with Crippen molar-refractivity contribution in [3.63, 3.8) is 0 Å². The number of nitrogens with zero attached hydrogens (tertiary/aromatic N) is 5. The first-order valence-electron chi connectivity index (χ1n) is 10.1. The molecule has 0 unspecified atom stereocenters. The molecule has 8 heteroatoms. The standard InChI is InChI=1S/C24H19IN6O/c1-14-19(17-5-10-22(32)27-12-17)8-9-21-23(14)30(18-6-3-16(11-26)4-7-18)13-20(25)24-29-28-15(2)31(21)24/h3-10,12,20H,13H2,1-2H3,(H,27,32)/t20-/m1/s1. The number of nitriles is 1. The molecule has 0 spiro atoms. The zero-order valence-electron chi connectivity index (χ0n) is 17.5. The van der Waals surface area contributed by atoms with Gasteiger partial charge in [0.1, 0.15) is 5.82 Å². The smallest absolute Gasteiger partial charge is 0.247 e. The van der Waals surface area contributed by atoms with Crippen molar-refractivity contribution < 1.29 is 0 Å². The quantitative estimate of drug-likeness (QED) is 0.297. The van der Waals surface area contributed by atoms with Gasteiger partial charge in [0, 0.05) is 24.5 Å². The lowest BCUT2D eigenvalue weighted by Crippen LogP contribution is -2.22. The Labute approximate surface area is 198 Å². The Morgan fingerprint density at radius 1 is 1.09 bits per heavy atom. The van der Waals surface area contributed by atoms with Crippen LogP contribution in [0.25, 0.3) is 16.8 Å². The van der Waals surface area contributed by atoms with E-state index < -0.39 is 0 Å². The molecule has 1 atom stereocenters. The molecule has 7 nitrogen and oxygen atoms in total. The van der Waals surface area contributed by atoms with Crippen molar-refractivity contribution in [2.75, 3.05) is 11.4 Å². The van der Waals surface area contributed by atoms with Gasteiger partial charge in [-0.1, -0.05) is 28.7 Å². The summed E-state index contributed by atoms with van der Waals surface area (Å²) in [6.07, 6.45) is 1.75. The molecule has 0 saturated heterocycles. The van der Waals surface area contributed by atoms with Crippen molar-refractivity contribution in [2.24, 2.45) is 0 Å². The molecule has 5 rings (SSSR count). The lowest BCUT2D eigenvalue weighted by Gasteiger charge is -2.29. The summed E-state index contributed by atoms with van der Waals surface area (Å²) in [4.78, 5) is 16.6. The fourth-order valence-electron chi connectivity index (χ4n) is 4.26. The van der Waals surface area contributed by atoms with Crippen LogP contribution in [0.4, 0.5) is 11.4 Å². The van der Waals surface area contributed by atoms with E-state index in [9.17, 15) is 10.1 Å². The number of hydrogen-bond donors (Lipinski definition) is 1. The molecule has 0 aliphatic carbocycles. The van der Waals surface area contributed by atoms with Crippen LogP contribution < -0.4 is 10.5 Å². The minimum absolute atomic E-state index is 0.104. The lowest BCUT2D eigenvalue weighted by molar-refractivity contribution is 0.842. The molecule has 0 radical (unpaired) electrons. The molecule has 4 aromatic rings. The summed E-state index contributed by atoms with van der Waals surface area (Å²) in [6, 6.07) is 17.4. The maximum atomic E-state index is 11.6. The summed E-state index contributed by atoms with van der Waals surface area (Å²) >= 11 is 2.42. The van der Waals surface area contributed by atoms with E-state index in [1.807, 2.05) is 37.3 Å². The van der Waals surface area contributed by atoms with Crippen molar-refractivity contribution in [3.8, 4) is 22.9 Å². The summed E-state index contributed by atoms with van der Waals surface area (Å²) in [6.45, 7) is 4.77. The predicted molar refractivity (Wildman–Crippen MR) is 132 cm³/mol. The summed E-state index contributed by atoms with van der Waals surface area (Å²) in [5.74, 6) is 1.75. The second-order valence-corrected chi connectivity index (χ2v) is 9.23. The molecule has 158 valence electrons. The molecule has 0 saturated carbocycles. The van der Waals surface area contributed by atoms with E-state index in [4.69, 9.17) is 0 Å². The second kappa shape index (κ2) is 7.91. The van der Waals surface area contributed by atoms with Gasteiger partial charge in [0.25, 0.3) is 0 Å². The monoisotopic (exact) mass is 534 g/mol. The molecular formula is C24H19IN6O. The number of halogens is 1. The van der Waals surface area contributed by atoms with Gasteiger partial charge in [0.2, 0.25) is 5.56 Å². The average molecular weight is 534 g/mol. The number of fused-ring (bicyclic) bond motifs is 3. The van der Waals surface area contributed by atoms with Crippen molar-refractivity contribution >= 4 is 34.0 Å². The third-order valence-electron chi connectivity index (χ3n) is 5.80. The Morgan fingerprint density at radius 2 is 1.88 bits per heavy atom. The molecule has 32 heavy (non-hydrogen) atoms. The van der Waals surface area contributed by atoms with Crippen molar-refractivity contribution in [2.45, 2.75) is 17.8 Å². The fraction of sp³-hybridized carbons (Fsp3) is 0.167. The number of H-pyrrole nitrogens is 1. The lowest BCUT2D eigenvalue weighted by atomic mass is 9.98. The van der Waals surface area contributed by atoms with E-state index in [0.29, 0.717) is 12.1 Å². The first kappa shape index (κ1) is 20.5. The Bertz CT molecular complexity index is 1410. The number of hydrogen-bond acceptors (Lipinski definition) is 5. The Kier molecular flexibility index (Phi) is 5.06. The van der Waals surface area contributed by atoms with E-state index >= 15 is 0 Å². The third-order valence-corrected chi connectivity index (χ3v) is 6.75. The second-order valence-electron chi connectivity index (χ2n) is 7.73. The highest BCUT2D eigenvalue weighted by Crippen LogP contribution is 2.44. The van der Waals surface area contributed by atoms with Gasteiger partial charge in [-0.05, 0) is 66.9 Å². The molecule has 0 bridgehead atoms. The number of benzene rings is 2. The van der Waals surface area contributed by atoms with Gasteiger partial charge in [-0.25, -0.2) is 0 Å². The number of aromatic nitrogens is 4. The van der Waals surface area contributed by atoms with Crippen LogP contribution in [-0.2, 0) is 0 Å². The minimum Gasteiger partial charge on any atom is -0.338 e. The van der Waals surface area contributed by atoms with E-state index in [1.54, 1.807) is 12.3 Å². The van der Waals surface area contributed by atoms with Crippen LogP contribution in [0.15, 0.2) is 59.5 Å². The van der Waals surface area contributed by atoms with E-state index in [0.717, 1.165) is 45.4 Å². The summed E-state index contributed by atoms with van der Waals surface area (Å²) in [7, 11) is 0. The van der Waals surface area contributed by atoms with Gasteiger partial charge in [-0.2, -0.15) is 5.26 Å². The summed E-state index contributed by atoms with van der Waals surface area (Å²) < 4.78 is 2.23. The van der Waals surface area contributed by atoms with Gasteiger partial charge in [0.05, 0.1) is 26.9 Å². The zero-order valence-corrected chi connectivity index (χ0v) is 19.7. The highest BCUT2D eigenvalue weighted by atomic mass is 127. The van der Waals surface area contributed by atoms with Crippen LogP contribution in [0.3, 0.4) is 0 Å². The van der Waals surface area contributed by atoms with Crippen LogP contribution in [-0.4, -0.2) is 26.3 Å². The van der Waals surface area contributed by atoms with Gasteiger partial charge in [-0.3, -0.25) is 9.36 Å². The largest absolute Gasteiger partial charge is 0.338 e. The van der Waals surface area contributed by atoms with Crippen LogP contribution in [0, 0.1) is 25.2 Å². The normalized spacial score (nSPS) is 14.9. The average Bonchev–Trinajstić information content (AvgIpc) is 3.13. The van der Waals surface area contributed by atoms with Crippen molar-refractivity contribution in [1.82, 2.24) is 19.7 Å². The van der Waals surface area contributed by atoms with Crippen molar-refractivity contribution in [3.05, 3.63) is 87.9 Å².